The number of methoxy groups -OCH3 is 1. The Balaban J connectivity index is 1.59. The highest BCUT2D eigenvalue weighted by Crippen LogP contribution is 2.23. The summed E-state index contributed by atoms with van der Waals surface area (Å²) in [5.41, 5.74) is 1.99. The van der Waals surface area contributed by atoms with E-state index in [0.29, 0.717) is 17.3 Å². The van der Waals surface area contributed by atoms with E-state index in [1.807, 2.05) is 36.4 Å². The molecule has 0 radical (unpaired) electrons. The molecule has 1 aromatic heterocycles. The molecule has 4 rings (SSSR count). The van der Waals surface area contributed by atoms with E-state index in [9.17, 15) is 9.59 Å². The highest BCUT2D eigenvalue weighted by atomic mass is 16.5. The van der Waals surface area contributed by atoms with Crippen LogP contribution in [0.25, 0.3) is 11.0 Å². The molecule has 1 aliphatic rings. The summed E-state index contributed by atoms with van der Waals surface area (Å²) in [4.78, 5) is 32.6. The normalized spacial score (nSPS) is 14.0. The van der Waals surface area contributed by atoms with Gasteiger partial charge in [0.2, 0.25) is 5.91 Å². The van der Waals surface area contributed by atoms with Gasteiger partial charge in [-0.2, -0.15) is 0 Å². The minimum atomic E-state index is -0.174. The first-order valence-corrected chi connectivity index (χ1v) is 10.3. The Labute approximate surface area is 175 Å². The number of aryl methyl sites for hydroxylation is 1. The maximum atomic E-state index is 13.3. The van der Waals surface area contributed by atoms with Crippen molar-refractivity contribution in [3.8, 4) is 5.75 Å². The van der Waals surface area contributed by atoms with Crippen molar-refractivity contribution in [2.45, 2.75) is 32.2 Å². The quantitative estimate of drug-likeness (QED) is 0.679. The van der Waals surface area contributed by atoms with Gasteiger partial charge >= 0.3 is 0 Å². The van der Waals surface area contributed by atoms with Gasteiger partial charge in [0.05, 0.1) is 23.8 Å². The molecule has 2 aromatic carbocycles. The minimum Gasteiger partial charge on any atom is -0.495 e. The first-order valence-electron chi connectivity index (χ1n) is 10.3. The Kier molecular flexibility index (Phi) is 5.97. The zero-order chi connectivity index (χ0) is 20.9. The second kappa shape index (κ2) is 8.98. The summed E-state index contributed by atoms with van der Waals surface area (Å²) in [6, 6.07) is 14.9. The smallest absolute Gasteiger partial charge is 0.294 e. The maximum absolute atomic E-state index is 13.3. The van der Waals surface area contributed by atoms with Crippen molar-refractivity contribution < 1.29 is 9.53 Å². The Bertz CT molecular complexity index is 1100. The van der Waals surface area contributed by atoms with Gasteiger partial charge in [0, 0.05) is 26.1 Å². The molecule has 0 atom stereocenters. The molecule has 0 spiro atoms. The van der Waals surface area contributed by atoms with Crippen molar-refractivity contribution in [3.63, 3.8) is 0 Å². The Hall–Kier alpha value is -3.35. The van der Waals surface area contributed by atoms with Crippen LogP contribution >= 0.6 is 0 Å². The fraction of sp³-hybridized carbons (Fsp3) is 0.348. The van der Waals surface area contributed by atoms with E-state index < -0.39 is 0 Å². The van der Waals surface area contributed by atoms with Crippen LogP contribution in [0, 0.1) is 0 Å². The number of carbonyl (C=O) groups is 1. The Morgan fingerprint density at radius 2 is 1.80 bits per heavy atom. The number of para-hydroxylation sites is 4. The minimum absolute atomic E-state index is 0.138. The summed E-state index contributed by atoms with van der Waals surface area (Å²) < 4.78 is 6.96. The van der Waals surface area contributed by atoms with Crippen molar-refractivity contribution in [3.05, 3.63) is 58.9 Å². The fourth-order valence-electron chi connectivity index (χ4n) is 3.89. The van der Waals surface area contributed by atoms with E-state index >= 15 is 0 Å². The number of anilines is 2. The lowest BCUT2D eigenvalue weighted by Crippen LogP contribution is -2.37. The lowest BCUT2D eigenvalue weighted by atomic mass is 10.1. The average molecular weight is 406 g/mol. The first-order chi connectivity index (χ1) is 14.7. The monoisotopic (exact) mass is 406 g/mol. The van der Waals surface area contributed by atoms with Gasteiger partial charge < -0.3 is 19.5 Å². The number of ether oxygens (including phenoxy) is 1. The van der Waals surface area contributed by atoms with Crippen LogP contribution in [0.1, 0.15) is 25.7 Å². The Morgan fingerprint density at radius 1 is 1.07 bits per heavy atom. The second-order valence-electron chi connectivity index (χ2n) is 7.43. The number of aromatic nitrogens is 2. The largest absolute Gasteiger partial charge is 0.495 e. The third-order valence-corrected chi connectivity index (χ3v) is 5.43. The number of hydrogen-bond donors (Lipinski definition) is 1. The van der Waals surface area contributed by atoms with Gasteiger partial charge in [0.15, 0.2) is 5.82 Å². The van der Waals surface area contributed by atoms with Crippen LogP contribution in [-0.2, 0) is 11.3 Å². The van der Waals surface area contributed by atoms with Gasteiger partial charge in [-0.3, -0.25) is 9.59 Å². The molecule has 0 bridgehead atoms. The van der Waals surface area contributed by atoms with Crippen LogP contribution in [0.3, 0.4) is 0 Å². The van der Waals surface area contributed by atoms with Crippen LogP contribution in [0.5, 0.6) is 5.75 Å². The molecule has 7 heteroatoms. The van der Waals surface area contributed by atoms with Gasteiger partial charge in [0.1, 0.15) is 5.75 Å². The summed E-state index contributed by atoms with van der Waals surface area (Å²) in [5.74, 6) is 0.912. The molecule has 2 heterocycles. The van der Waals surface area contributed by atoms with E-state index in [-0.39, 0.29) is 24.4 Å². The zero-order valence-electron chi connectivity index (χ0n) is 17.1. The standard InChI is InChI=1S/C23H26N4O3/c1-30-20-12-6-4-10-18(20)24-21(28)13-16-27-19-11-5-3-9-17(19)25-22(23(27)29)26-14-7-2-8-15-26/h3-6,9-12H,2,7-8,13-16H2,1H3,(H,24,28). The van der Waals surface area contributed by atoms with Crippen LogP contribution in [0.2, 0.25) is 0 Å². The summed E-state index contributed by atoms with van der Waals surface area (Å²) in [6.45, 7) is 1.97. The SMILES string of the molecule is COc1ccccc1NC(=O)CCn1c(=O)c(N2CCCCC2)nc2ccccc21. The number of fused-ring (bicyclic) bond motifs is 1. The van der Waals surface area contributed by atoms with E-state index in [4.69, 9.17) is 4.74 Å². The summed E-state index contributed by atoms with van der Waals surface area (Å²) in [6.07, 6.45) is 3.48. The number of nitrogens with one attached hydrogen (secondary N) is 1. The lowest BCUT2D eigenvalue weighted by Gasteiger charge is -2.27. The van der Waals surface area contributed by atoms with Crippen LogP contribution in [-0.4, -0.2) is 35.7 Å². The van der Waals surface area contributed by atoms with Gasteiger partial charge in [0.25, 0.3) is 5.56 Å². The summed E-state index contributed by atoms with van der Waals surface area (Å²) >= 11 is 0. The number of piperidine rings is 1. The van der Waals surface area contributed by atoms with E-state index in [2.05, 4.69) is 15.2 Å². The van der Waals surface area contributed by atoms with Gasteiger partial charge in [-0.25, -0.2) is 4.98 Å². The van der Waals surface area contributed by atoms with Crippen molar-refractivity contribution in [1.82, 2.24) is 9.55 Å². The van der Waals surface area contributed by atoms with Gasteiger partial charge in [-0.05, 0) is 43.5 Å². The fourth-order valence-corrected chi connectivity index (χ4v) is 3.89. The number of hydrogen-bond acceptors (Lipinski definition) is 5. The highest BCUT2D eigenvalue weighted by Gasteiger charge is 2.19. The van der Waals surface area contributed by atoms with E-state index in [1.165, 1.54) is 6.42 Å². The molecule has 1 amide bonds. The number of nitrogens with zero attached hydrogens (tertiary/aromatic N) is 3. The van der Waals surface area contributed by atoms with Crippen LogP contribution < -0.4 is 20.5 Å². The lowest BCUT2D eigenvalue weighted by molar-refractivity contribution is -0.116. The topological polar surface area (TPSA) is 76.5 Å². The number of benzene rings is 2. The van der Waals surface area contributed by atoms with E-state index in [0.717, 1.165) is 37.0 Å². The van der Waals surface area contributed by atoms with Crippen molar-refractivity contribution >= 4 is 28.4 Å². The third kappa shape index (κ3) is 4.15. The molecule has 1 aliphatic heterocycles. The molecule has 30 heavy (non-hydrogen) atoms. The molecule has 7 nitrogen and oxygen atoms in total. The maximum Gasteiger partial charge on any atom is 0.294 e. The predicted octanol–water partition coefficient (Wildman–Crippen LogP) is 3.42. The molecule has 1 fully saturated rings. The van der Waals surface area contributed by atoms with Crippen molar-refractivity contribution in [1.29, 1.82) is 0 Å². The molecule has 156 valence electrons. The zero-order valence-corrected chi connectivity index (χ0v) is 17.1. The molecule has 3 aromatic rings. The number of rotatable bonds is 6. The summed E-state index contributed by atoms with van der Waals surface area (Å²) in [5, 5.41) is 2.87. The first kappa shape index (κ1) is 19.9. The molecule has 1 saturated heterocycles. The molecule has 0 unspecified atom stereocenters. The van der Waals surface area contributed by atoms with Gasteiger partial charge in [-0.15, -0.1) is 0 Å². The third-order valence-electron chi connectivity index (χ3n) is 5.43. The van der Waals surface area contributed by atoms with Crippen molar-refractivity contribution in [2.75, 3.05) is 30.4 Å². The van der Waals surface area contributed by atoms with Gasteiger partial charge in [-0.1, -0.05) is 24.3 Å². The summed E-state index contributed by atoms with van der Waals surface area (Å²) in [7, 11) is 1.57. The average Bonchev–Trinajstić information content (AvgIpc) is 2.79. The van der Waals surface area contributed by atoms with E-state index in [1.54, 1.807) is 23.8 Å². The number of amides is 1. The highest BCUT2D eigenvalue weighted by molar-refractivity contribution is 5.92. The van der Waals surface area contributed by atoms with Crippen LogP contribution in [0.4, 0.5) is 11.5 Å². The van der Waals surface area contributed by atoms with Crippen molar-refractivity contribution in [2.24, 2.45) is 0 Å². The predicted molar refractivity (Wildman–Crippen MR) is 118 cm³/mol. The molecule has 1 N–H and O–H groups in total. The van der Waals surface area contributed by atoms with Crippen LogP contribution in [0.15, 0.2) is 53.3 Å². The molecular formula is C23H26N4O3. The molecular weight excluding hydrogens is 380 g/mol. The Morgan fingerprint density at radius 3 is 2.60 bits per heavy atom. The second-order valence-corrected chi connectivity index (χ2v) is 7.43. The number of carbonyl (C=O) groups excluding carboxylic acids is 1. The molecule has 0 saturated carbocycles. The molecule has 0 aliphatic carbocycles.